The standard InChI is InChI=1S/C24H28N4O2S/c29-23-14-13-17(26-22(23)16-25-30)8-6-7-15-28(31)24-18-9-2-1-3-11-20(18)27-21-12-5-4-10-19(21)24/h4-5,10,12-14,16,29-31H,1-3,6-9,11,15H2/b25-16+. The van der Waals surface area contributed by atoms with E-state index in [2.05, 4.69) is 32.6 Å². The van der Waals surface area contributed by atoms with Crippen LogP contribution in [0.25, 0.3) is 10.9 Å². The molecule has 0 atom stereocenters. The van der Waals surface area contributed by atoms with Crippen LogP contribution in [-0.2, 0) is 19.3 Å². The highest BCUT2D eigenvalue weighted by Gasteiger charge is 2.20. The molecule has 1 aliphatic rings. The van der Waals surface area contributed by atoms with Gasteiger partial charge in [-0.05, 0) is 68.7 Å². The quantitative estimate of drug-likeness (QED) is 0.120. The number of hydrogen-bond donors (Lipinski definition) is 3. The van der Waals surface area contributed by atoms with E-state index >= 15 is 0 Å². The molecule has 3 aromatic rings. The third kappa shape index (κ3) is 4.93. The molecule has 0 unspecified atom stereocenters. The zero-order valence-electron chi connectivity index (χ0n) is 17.5. The summed E-state index contributed by atoms with van der Waals surface area (Å²) in [6.07, 6.45) is 9.59. The summed E-state index contributed by atoms with van der Waals surface area (Å²) in [5.74, 6) is 0.00772. The second-order valence-electron chi connectivity index (χ2n) is 8.00. The summed E-state index contributed by atoms with van der Waals surface area (Å²) < 4.78 is 2.10. The fourth-order valence-corrected chi connectivity index (χ4v) is 4.67. The summed E-state index contributed by atoms with van der Waals surface area (Å²) in [6, 6.07) is 11.8. The highest BCUT2D eigenvalue weighted by atomic mass is 32.1. The molecular weight excluding hydrogens is 408 g/mol. The van der Waals surface area contributed by atoms with Crippen molar-refractivity contribution >= 4 is 35.6 Å². The van der Waals surface area contributed by atoms with Crippen molar-refractivity contribution in [1.29, 1.82) is 0 Å². The van der Waals surface area contributed by atoms with Crippen molar-refractivity contribution < 1.29 is 10.3 Å². The maximum Gasteiger partial charge on any atom is 0.142 e. The molecule has 0 radical (unpaired) electrons. The van der Waals surface area contributed by atoms with Crippen LogP contribution < -0.4 is 4.31 Å². The van der Waals surface area contributed by atoms with Crippen LogP contribution >= 0.6 is 12.8 Å². The van der Waals surface area contributed by atoms with E-state index in [9.17, 15) is 5.11 Å². The Morgan fingerprint density at radius 1 is 1.03 bits per heavy atom. The Labute approximate surface area is 188 Å². The number of pyridine rings is 2. The zero-order chi connectivity index (χ0) is 21.6. The molecule has 0 saturated carbocycles. The number of aromatic hydroxyl groups is 1. The molecule has 2 N–H and O–H groups in total. The number of fused-ring (bicyclic) bond motifs is 2. The monoisotopic (exact) mass is 436 g/mol. The van der Waals surface area contributed by atoms with E-state index in [1.54, 1.807) is 12.1 Å². The van der Waals surface area contributed by atoms with E-state index in [0.717, 1.165) is 56.1 Å². The van der Waals surface area contributed by atoms with Gasteiger partial charge in [0.2, 0.25) is 0 Å². The van der Waals surface area contributed by atoms with E-state index in [0.29, 0.717) is 0 Å². The van der Waals surface area contributed by atoms with Gasteiger partial charge in [-0.15, -0.1) is 0 Å². The molecule has 2 aromatic heterocycles. The van der Waals surface area contributed by atoms with Gasteiger partial charge < -0.3 is 14.6 Å². The number of hydrogen-bond acceptors (Lipinski definition) is 7. The smallest absolute Gasteiger partial charge is 0.142 e. The Bertz CT molecular complexity index is 1090. The van der Waals surface area contributed by atoms with Crippen LogP contribution in [0.2, 0.25) is 0 Å². The van der Waals surface area contributed by atoms with Gasteiger partial charge in [0.25, 0.3) is 0 Å². The van der Waals surface area contributed by atoms with E-state index in [1.165, 1.54) is 41.6 Å². The summed E-state index contributed by atoms with van der Waals surface area (Å²) in [5.41, 5.74) is 6.00. The molecule has 6 nitrogen and oxygen atoms in total. The molecule has 7 heteroatoms. The molecule has 0 bridgehead atoms. The van der Waals surface area contributed by atoms with Crippen LogP contribution in [0.4, 0.5) is 5.69 Å². The van der Waals surface area contributed by atoms with Gasteiger partial charge in [-0.1, -0.05) is 42.6 Å². The van der Waals surface area contributed by atoms with Crippen molar-refractivity contribution in [3.63, 3.8) is 0 Å². The van der Waals surface area contributed by atoms with Gasteiger partial charge >= 0.3 is 0 Å². The van der Waals surface area contributed by atoms with Crippen molar-refractivity contribution in [3.8, 4) is 5.75 Å². The van der Waals surface area contributed by atoms with Crippen LogP contribution in [-0.4, -0.2) is 33.0 Å². The second kappa shape index (κ2) is 10.0. The van der Waals surface area contributed by atoms with Crippen LogP contribution in [0.3, 0.4) is 0 Å². The average Bonchev–Trinajstić information content (AvgIpc) is 3.02. The van der Waals surface area contributed by atoms with Crippen molar-refractivity contribution in [2.24, 2.45) is 5.16 Å². The SMILES string of the molecule is O/N=C/c1nc(CCCCN(S)c2c3c(nc4ccccc24)CCCCC3)ccc1O. The molecule has 0 aliphatic heterocycles. The predicted molar refractivity (Wildman–Crippen MR) is 128 cm³/mol. The molecule has 2 heterocycles. The first kappa shape index (κ1) is 21.4. The third-order valence-corrected chi connectivity index (χ3v) is 6.24. The lowest BCUT2D eigenvalue weighted by atomic mass is 10.0. The average molecular weight is 437 g/mol. The zero-order valence-corrected chi connectivity index (χ0v) is 18.4. The van der Waals surface area contributed by atoms with Crippen molar-refractivity contribution in [3.05, 3.63) is 59.0 Å². The Hall–Kier alpha value is -2.80. The lowest BCUT2D eigenvalue weighted by molar-refractivity contribution is 0.321. The number of anilines is 1. The molecule has 0 spiro atoms. The number of rotatable bonds is 7. The van der Waals surface area contributed by atoms with E-state index in [1.807, 2.05) is 6.07 Å². The molecule has 31 heavy (non-hydrogen) atoms. The molecule has 1 aromatic carbocycles. The number of aromatic nitrogens is 2. The highest BCUT2D eigenvalue weighted by molar-refractivity contribution is 7.81. The van der Waals surface area contributed by atoms with Gasteiger partial charge in [0.05, 0.1) is 17.4 Å². The lowest BCUT2D eigenvalue weighted by Crippen LogP contribution is -2.16. The molecule has 0 amide bonds. The van der Waals surface area contributed by atoms with Gasteiger partial charge in [0.15, 0.2) is 0 Å². The first-order valence-electron chi connectivity index (χ1n) is 10.9. The molecule has 1 aliphatic carbocycles. The summed E-state index contributed by atoms with van der Waals surface area (Å²) in [7, 11) is 0. The number of para-hydroxylation sites is 1. The normalized spacial score (nSPS) is 14.0. The van der Waals surface area contributed by atoms with Crippen molar-refractivity contribution in [2.45, 2.75) is 51.4 Å². The number of nitrogens with zero attached hydrogens (tertiary/aromatic N) is 4. The molecule has 0 saturated heterocycles. The number of aryl methyl sites for hydroxylation is 2. The molecular formula is C24H28N4O2S. The van der Waals surface area contributed by atoms with Gasteiger partial charge in [0.1, 0.15) is 11.4 Å². The second-order valence-corrected chi connectivity index (χ2v) is 8.48. The molecule has 0 fully saturated rings. The maximum absolute atomic E-state index is 9.75. The summed E-state index contributed by atoms with van der Waals surface area (Å²) in [5, 5.41) is 22.6. The third-order valence-electron chi connectivity index (χ3n) is 5.84. The largest absolute Gasteiger partial charge is 0.506 e. The van der Waals surface area contributed by atoms with E-state index in [-0.39, 0.29) is 11.4 Å². The summed E-state index contributed by atoms with van der Waals surface area (Å²) in [6.45, 7) is 0.826. The number of oxime groups is 1. The van der Waals surface area contributed by atoms with Crippen molar-refractivity contribution in [1.82, 2.24) is 9.97 Å². The predicted octanol–water partition coefficient (Wildman–Crippen LogP) is 5.09. The highest BCUT2D eigenvalue weighted by Crippen LogP contribution is 2.36. The lowest BCUT2D eigenvalue weighted by Gasteiger charge is -2.24. The minimum Gasteiger partial charge on any atom is -0.506 e. The Morgan fingerprint density at radius 2 is 1.87 bits per heavy atom. The van der Waals surface area contributed by atoms with Gasteiger partial charge in [-0.25, -0.2) is 4.98 Å². The van der Waals surface area contributed by atoms with Crippen LogP contribution in [0.15, 0.2) is 41.6 Å². The van der Waals surface area contributed by atoms with Crippen molar-refractivity contribution in [2.75, 3.05) is 10.8 Å². The number of thiol groups is 1. The minimum atomic E-state index is 0.00772. The van der Waals surface area contributed by atoms with Crippen LogP contribution in [0.5, 0.6) is 5.75 Å². The van der Waals surface area contributed by atoms with Gasteiger partial charge in [-0.3, -0.25) is 4.98 Å². The summed E-state index contributed by atoms with van der Waals surface area (Å²) in [4.78, 5) is 9.31. The minimum absolute atomic E-state index is 0.00772. The van der Waals surface area contributed by atoms with Gasteiger partial charge in [-0.2, -0.15) is 0 Å². The Kier molecular flexibility index (Phi) is 6.92. The molecule has 4 rings (SSSR count). The first-order valence-corrected chi connectivity index (χ1v) is 11.3. The first-order chi connectivity index (χ1) is 15.2. The van der Waals surface area contributed by atoms with Crippen LogP contribution in [0.1, 0.15) is 54.7 Å². The number of unbranched alkanes of at least 4 members (excludes halogenated alkanes) is 1. The number of benzene rings is 1. The van der Waals surface area contributed by atoms with Gasteiger partial charge in [0, 0.05) is 23.3 Å². The van der Waals surface area contributed by atoms with E-state index < -0.39 is 0 Å². The fourth-order valence-electron chi connectivity index (χ4n) is 4.30. The Morgan fingerprint density at radius 3 is 2.74 bits per heavy atom. The summed E-state index contributed by atoms with van der Waals surface area (Å²) >= 11 is 4.89. The fraction of sp³-hybridized carbons (Fsp3) is 0.375. The van der Waals surface area contributed by atoms with E-state index in [4.69, 9.17) is 23.0 Å². The Balaban J connectivity index is 1.47. The topological polar surface area (TPSA) is 81.8 Å². The maximum atomic E-state index is 9.75. The molecule has 162 valence electrons. The van der Waals surface area contributed by atoms with Crippen LogP contribution in [0, 0.1) is 0 Å².